The zero-order valence-corrected chi connectivity index (χ0v) is 16.7. The Morgan fingerprint density at radius 3 is 2.76 bits per heavy atom. The van der Waals surface area contributed by atoms with Gasteiger partial charge in [-0.1, -0.05) is 12.1 Å². The molecule has 1 aromatic carbocycles. The minimum absolute atomic E-state index is 0.0397. The van der Waals surface area contributed by atoms with Crippen molar-refractivity contribution in [2.45, 2.75) is 19.9 Å². The molecule has 0 saturated carbocycles. The molecule has 2 aromatic heterocycles. The van der Waals surface area contributed by atoms with Crippen molar-refractivity contribution >= 4 is 22.8 Å². The van der Waals surface area contributed by atoms with E-state index in [4.69, 9.17) is 9.47 Å². The van der Waals surface area contributed by atoms with Crippen molar-refractivity contribution in [3.8, 4) is 5.75 Å². The van der Waals surface area contributed by atoms with Gasteiger partial charge in [0.2, 0.25) is 5.91 Å². The third-order valence-corrected chi connectivity index (χ3v) is 4.28. The summed E-state index contributed by atoms with van der Waals surface area (Å²) in [7, 11) is 1.65. The molecule has 2 N–H and O–H groups in total. The zero-order chi connectivity index (χ0) is 20.5. The van der Waals surface area contributed by atoms with Crippen molar-refractivity contribution in [2.24, 2.45) is 0 Å². The molecule has 0 fully saturated rings. The van der Waals surface area contributed by atoms with Crippen LogP contribution in [-0.4, -0.2) is 59.1 Å². The van der Waals surface area contributed by atoms with Crippen LogP contribution in [0.5, 0.6) is 5.75 Å². The fraction of sp³-hybridized carbons (Fsp3) is 0.400. The van der Waals surface area contributed by atoms with Crippen LogP contribution in [0, 0.1) is 0 Å². The van der Waals surface area contributed by atoms with E-state index in [9.17, 15) is 4.79 Å². The van der Waals surface area contributed by atoms with Gasteiger partial charge in [0.25, 0.3) is 0 Å². The number of ether oxygens (including phenoxy) is 2. The number of methoxy groups -OCH3 is 1. The molecule has 0 aliphatic heterocycles. The Bertz CT molecular complexity index is 926. The van der Waals surface area contributed by atoms with Gasteiger partial charge in [-0.25, -0.2) is 14.6 Å². The van der Waals surface area contributed by atoms with Crippen molar-refractivity contribution < 1.29 is 14.3 Å². The van der Waals surface area contributed by atoms with Crippen molar-refractivity contribution in [3.63, 3.8) is 0 Å². The zero-order valence-electron chi connectivity index (χ0n) is 16.7. The Morgan fingerprint density at radius 1 is 1.17 bits per heavy atom. The first-order valence-corrected chi connectivity index (χ1v) is 9.59. The van der Waals surface area contributed by atoms with Gasteiger partial charge in [-0.05, 0) is 24.6 Å². The Morgan fingerprint density at radius 2 is 2.00 bits per heavy atom. The predicted octanol–water partition coefficient (Wildman–Crippen LogP) is 1.64. The first-order chi connectivity index (χ1) is 14.2. The molecule has 154 valence electrons. The maximum absolute atomic E-state index is 12.2. The van der Waals surface area contributed by atoms with Gasteiger partial charge in [0.15, 0.2) is 5.65 Å². The van der Waals surface area contributed by atoms with Gasteiger partial charge < -0.3 is 20.1 Å². The summed E-state index contributed by atoms with van der Waals surface area (Å²) < 4.78 is 12.2. The highest BCUT2D eigenvalue weighted by Crippen LogP contribution is 2.18. The van der Waals surface area contributed by atoms with E-state index in [0.717, 1.165) is 28.2 Å². The highest BCUT2D eigenvalue weighted by Gasteiger charge is 2.10. The molecule has 1 amide bonds. The maximum Gasteiger partial charge on any atom is 0.224 e. The fourth-order valence-electron chi connectivity index (χ4n) is 2.89. The number of benzene rings is 1. The smallest absolute Gasteiger partial charge is 0.224 e. The molecule has 0 aliphatic rings. The van der Waals surface area contributed by atoms with Crippen molar-refractivity contribution in [3.05, 3.63) is 42.4 Å². The lowest BCUT2D eigenvalue weighted by atomic mass is 10.1. The summed E-state index contributed by atoms with van der Waals surface area (Å²) in [4.78, 5) is 20.8. The molecule has 0 bridgehead atoms. The second-order valence-electron chi connectivity index (χ2n) is 6.35. The van der Waals surface area contributed by atoms with Crippen LogP contribution in [0.3, 0.4) is 0 Å². The molecular formula is C20H26N6O3. The van der Waals surface area contributed by atoms with Gasteiger partial charge in [0, 0.05) is 20.2 Å². The molecule has 0 unspecified atom stereocenters. The summed E-state index contributed by atoms with van der Waals surface area (Å²) in [6.45, 7) is 4.78. The molecule has 9 heteroatoms. The van der Waals surface area contributed by atoms with Gasteiger partial charge in [-0.2, -0.15) is 5.10 Å². The minimum Gasteiger partial charge on any atom is -0.494 e. The SMILES string of the molecule is CCOc1ccc(CC(=O)NCCn2ncc3c(NCCOC)ncnc32)cc1. The quantitative estimate of drug-likeness (QED) is 0.473. The number of aromatic nitrogens is 4. The molecule has 0 atom stereocenters. The Kier molecular flexibility index (Phi) is 7.34. The summed E-state index contributed by atoms with van der Waals surface area (Å²) in [6.07, 6.45) is 3.55. The molecular weight excluding hydrogens is 372 g/mol. The third kappa shape index (κ3) is 5.64. The summed E-state index contributed by atoms with van der Waals surface area (Å²) in [5.41, 5.74) is 1.66. The van der Waals surface area contributed by atoms with E-state index in [-0.39, 0.29) is 5.91 Å². The number of fused-ring (bicyclic) bond motifs is 1. The molecule has 0 aliphatic carbocycles. The maximum atomic E-state index is 12.2. The lowest BCUT2D eigenvalue weighted by Gasteiger charge is -2.08. The van der Waals surface area contributed by atoms with Crippen LogP contribution in [0.4, 0.5) is 5.82 Å². The van der Waals surface area contributed by atoms with E-state index in [0.29, 0.717) is 39.3 Å². The second-order valence-corrected chi connectivity index (χ2v) is 6.35. The van der Waals surface area contributed by atoms with E-state index < -0.39 is 0 Å². The lowest BCUT2D eigenvalue weighted by Crippen LogP contribution is -2.28. The fourth-order valence-corrected chi connectivity index (χ4v) is 2.89. The molecule has 29 heavy (non-hydrogen) atoms. The van der Waals surface area contributed by atoms with Crippen LogP contribution in [0.2, 0.25) is 0 Å². The number of amides is 1. The van der Waals surface area contributed by atoms with Crippen LogP contribution in [0.25, 0.3) is 11.0 Å². The average molecular weight is 398 g/mol. The standard InChI is InChI=1S/C20H26N6O3/c1-3-29-16-6-4-15(5-7-16)12-18(27)21-8-10-26-20-17(13-25-26)19(23-14-24-20)22-9-11-28-2/h4-7,13-14H,3,8-12H2,1-2H3,(H,21,27)(H,22,23,24). The molecule has 0 saturated heterocycles. The van der Waals surface area contributed by atoms with E-state index in [1.807, 2.05) is 31.2 Å². The molecule has 3 aromatic rings. The highest BCUT2D eigenvalue weighted by atomic mass is 16.5. The topological polar surface area (TPSA) is 103 Å². The van der Waals surface area contributed by atoms with E-state index in [2.05, 4.69) is 25.7 Å². The number of anilines is 1. The third-order valence-electron chi connectivity index (χ3n) is 4.28. The van der Waals surface area contributed by atoms with E-state index in [1.54, 1.807) is 18.0 Å². The van der Waals surface area contributed by atoms with Crippen LogP contribution in [-0.2, 0) is 22.5 Å². The van der Waals surface area contributed by atoms with Crippen LogP contribution >= 0.6 is 0 Å². The molecule has 0 spiro atoms. The molecule has 2 heterocycles. The van der Waals surface area contributed by atoms with Gasteiger partial charge in [-0.3, -0.25) is 4.79 Å². The van der Waals surface area contributed by atoms with Gasteiger partial charge >= 0.3 is 0 Å². The predicted molar refractivity (Wildman–Crippen MR) is 110 cm³/mol. The molecule has 0 radical (unpaired) electrons. The first kappa shape index (κ1) is 20.5. The number of hydrogen-bond donors (Lipinski definition) is 2. The van der Waals surface area contributed by atoms with E-state index >= 15 is 0 Å². The summed E-state index contributed by atoms with van der Waals surface area (Å²) in [5, 5.41) is 11.3. The number of carbonyl (C=O) groups is 1. The average Bonchev–Trinajstić information content (AvgIpc) is 3.14. The number of carbonyl (C=O) groups excluding carboxylic acids is 1. The molecule has 3 rings (SSSR count). The molecule has 9 nitrogen and oxygen atoms in total. The summed E-state index contributed by atoms with van der Waals surface area (Å²) >= 11 is 0. The minimum atomic E-state index is -0.0397. The lowest BCUT2D eigenvalue weighted by molar-refractivity contribution is -0.120. The van der Waals surface area contributed by atoms with Crippen molar-refractivity contribution in [2.75, 3.05) is 38.7 Å². The largest absolute Gasteiger partial charge is 0.494 e. The Hall–Kier alpha value is -3.20. The monoisotopic (exact) mass is 398 g/mol. The Balaban J connectivity index is 1.51. The first-order valence-electron chi connectivity index (χ1n) is 9.59. The van der Waals surface area contributed by atoms with Crippen LogP contribution in [0.1, 0.15) is 12.5 Å². The number of nitrogens with zero attached hydrogens (tertiary/aromatic N) is 4. The van der Waals surface area contributed by atoms with Crippen LogP contribution < -0.4 is 15.4 Å². The van der Waals surface area contributed by atoms with Crippen molar-refractivity contribution in [1.82, 2.24) is 25.1 Å². The van der Waals surface area contributed by atoms with E-state index in [1.165, 1.54) is 6.33 Å². The van der Waals surface area contributed by atoms with Gasteiger partial charge in [-0.15, -0.1) is 0 Å². The highest BCUT2D eigenvalue weighted by molar-refractivity contribution is 5.86. The number of hydrogen-bond acceptors (Lipinski definition) is 7. The van der Waals surface area contributed by atoms with Gasteiger partial charge in [0.1, 0.15) is 17.9 Å². The summed E-state index contributed by atoms with van der Waals surface area (Å²) in [5.74, 6) is 1.49. The summed E-state index contributed by atoms with van der Waals surface area (Å²) in [6, 6.07) is 7.56. The van der Waals surface area contributed by atoms with Gasteiger partial charge in [0.05, 0.1) is 37.8 Å². The second kappa shape index (κ2) is 10.4. The Labute approximate surface area is 169 Å². The normalized spacial score (nSPS) is 10.8. The van der Waals surface area contributed by atoms with Crippen LogP contribution in [0.15, 0.2) is 36.8 Å². The number of nitrogens with one attached hydrogen (secondary N) is 2. The number of rotatable bonds is 11. The van der Waals surface area contributed by atoms with Crippen molar-refractivity contribution in [1.29, 1.82) is 0 Å².